The molecular weight excluding hydrogens is 122 g/mol. The van der Waals surface area contributed by atoms with Gasteiger partial charge in [0.05, 0.1) is 6.20 Å². The average Bonchev–Trinajstić information content (AvgIpc) is 2.05. The minimum atomic E-state index is 1.10. The standard InChI is InChI=1S/C9H6N/c1-2-4-9-7-10-6-5-8(9)3-1/h1-5,10H. The van der Waals surface area contributed by atoms with Crippen LogP contribution in [0.4, 0.5) is 0 Å². The highest BCUT2D eigenvalue weighted by Crippen LogP contribution is 2.13. The molecule has 1 nitrogen and oxygen atoms in total. The van der Waals surface area contributed by atoms with Gasteiger partial charge in [0.2, 0.25) is 0 Å². The highest BCUT2D eigenvalue weighted by molar-refractivity contribution is 5.56. The first kappa shape index (κ1) is 5.54. The lowest BCUT2D eigenvalue weighted by atomic mass is 10.1. The lowest BCUT2D eigenvalue weighted by Gasteiger charge is -2.07. The van der Waals surface area contributed by atoms with Gasteiger partial charge in [-0.15, -0.1) is 0 Å². The number of rotatable bonds is 0. The Morgan fingerprint density at radius 1 is 1.20 bits per heavy atom. The van der Waals surface area contributed by atoms with E-state index in [1.807, 2.05) is 30.3 Å². The van der Waals surface area contributed by atoms with Crippen LogP contribution in [0.15, 0.2) is 24.3 Å². The zero-order chi connectivity index (χ0) is 6.81. The smallest absolute Gasteiger partial charge is 0.124 e. The molecule has 0 fully saturated rings. The van der Waals surface area contributed by atoms with Gasteiger partial charge in [-0.25, -0.2) is 0 Å². The summed E-state index contributed by atoms with van der Waals surface area (Å²) in [6.07, 6.45) is 4.76. The van der Waals surface area contributed by atoms with Gasteiger partial charge in [0.1, 0.15) is 6.54 Å². The molecule has 1 heterocycles. The predicted molar refractivity (Wildman–Crippen MR) is 39.6 cm³/mol. The molecule has 1 aliphatic heterocycles. The summed E-state index contributed by atoms with van der Waals surface area (Å²) in [6.45, 7) is 2.97. The van der Waals surface area contributed by atoms with Crippen molar-refractivity contribution in [2.45, 2.75) is 0 Å². The van der Waals surface area contributed by atoms with E-state index < -0.39 is 0 Å². The van der Waals surface area contributed by atoms with Gasteiger partial charge in [-0.05, 0) is 17.2 Å². The lowest BCUT2D eigenvalue weighted by Crippen LogP contribution is -2.07. The van der Waals surface area contributed by atoms with Crippen molar-refractivity contribution in [1.29, 1.82) is 0 Å². The van der Waals surface area contributed by atoms with Crippen LogP contribution in [0.2, 0.25) is 0 Å². The average molecular weight is 128 g/mol. The molecule has 0 amide bonds. The first-order valence-electron chi connectivity index (χ1n) is 3.15. The Balaban J connectivity index is 2.54. The second-order valence-corrected chi connectivity index (χ2v) is 2.13. The summed E-state index contributed by atoms with van der Waals surface area (Å²) in [5, 5.41) is 2.79. The molecule has 0 aliphatic carbocycles. The second kappa shape index (κ2) is 2.18. The molecule has 0 saturated carbocycles. The zero-order valence-electron chi connectivity index (χ0n) is 5.39. The Hall–Kier alpha value is -1.24. The third-order valence-corrected chi connectivity index (χ3v) is 1.46. The quantitative estimate of drug-likeness (QED) is 0.557. The van der Waals surface area contributed by atoms with E-state index in [2.05, 4.69) is 18.1 Å². The SMILES string of the molecule is [C]1N[C]=Cc2ccccc21. The molecular formula is C9H6N. The van der Waals surface area contributed by atoms with Crippen molar-refractivity contribution in [3.8, 4) is 0 Å². The third-order valence-electron chi connectivity index (χ3n) is 1.46. The minimum absolute atomic E-state index is 1.10. The Labute approximate surface area is 60.4 Å². The molecule has 3 radical (unpaired) electrons. The molecule has 0 atom stereocenters. The van der Waals surface area contributed by atoms with E-state index in [1.165, 1.54) is 5.56 Å². The third kappa shape index (κ3) is 0.798. The number of fused-ring (bicyclic) bond motifs is 1. The monoisotopic (exact) mass is 128 g/mol. The van der Waals surface area contributed by atoms with Crippen LogP contribution in [0.5, 0.6) is 0 Å². The molecule has 1 aromatic carbocycles. The van der Waals surface area contributed by atoms with Gasteiger partial charge in [-0.1, -0.05) is 24.3 Å². The fraction of sp³-hybridized carbons (Fsp3) is 0. The second-order valence-electron chi connectivity index (χ2n) is 2.13. The van der Waals surface area contributed by atoms with Gasteiger partial charge in [-0.2, -0.15) is 0 Å². The molecule has 1 aliphatic rings. The maximum atomic E-state index is 2.97. The van der Waals surface area contributed by atoms with E-state index >= 15 is 0 Å². The Morgan fingerprint density at radius 2 is 2.10 bits per heavy atom. The molecule has 10 heavy (non-hydrogen) atoms. The van der Waals surface area contributed by atoms with Crippen LogP contribution in [0.3, 0.4) is 0 Å². The Bertz CT molecular complexity index is 263. The zero-order valence-corrected chi connectivity index (χ0v) is 5.39. The van der Waals surface area contributed by atoms with Crippen LogP contribution in [0.1, 0.15) is 11.1 Å². The maximum absolute atomic E-state index is 2.97. The van der Waals surface area contributed by atoms with Crippen molar-refractivity contribution < 1.29 is 0 Å². The molecule has 0 spiro atoms. The van der Waals surface area contributed by atoms with E-state index in [0.29, 0.717) is 0 Å². The number of hydrogen-bond donors (Lipinski definition) is 1. The molecule has 1 N–H and O–H groups in total. The van der Waals surface area contributed by atoms with E-state index in [4.69, 9.17) is 0 Å². The van der Waals surface area contributed by atoms with Crippen molar-refractivity contribution in [2.24, 2.45) is 0 Å². The number of hydrogen-bond acceptors (Lipinski definition) is 1. The van der Waals surface area contributed by atoms with Gasteiger partial charge in [0.25, 0.3) is 0 Å². The molecule has 1 heteroatoms. The minimum Gasteiger partial charge on any atom is -0.369 e. The fourth-order valence-electron chi connectivity index (χ4n) is 0.954. The van der Waals surface area contributed by atoms with Crippen LogP contribution in [0, 0.1) is 12.7 Å². The molecule has 0 bridgehead atoms. The first-order valence-corrected chi connectivity index (χ1v) is 3.15. The lowest BCUT2D eigenvalue weighted by molar-refractivity contribution is 1.04. The number of benzene rings is 1. The topological polar surface area (TPSA) is 12.0 Å². The van der Waals surface area contributed by atoms with Crippen LogP contribution in [-0.2, 0) is 0 Å². The largest absolute Gasteiger partial charge is 0.369 e. The first-order chi connectivity index (χ1) is 4.97. The van der Waals surface area contributed by atoms with Gasteiger partial charge in [-0.3, -0.25) is 0 Å². The molecule has 2 rings (SSSR count). The van der Waals surface area contributed by atoms with Crippen LogP contribution < -0.4 is 5.32 Å². The van der Waals surface area contributed by atoms with Crippen LogP contribution in [-0.4, -0.2) is 0 Å². The number of nitrogens with one attached hydrogen (secondary N) is 1. The van der Waals surface area contributed by atoms with Crippen molar-refractivity contribution in [3.63, 3.8) is 0 Å². The summed E-state index contributed by atoms with van der Waals surface area (Å²) >= 11 is 0. The van der Waals surface area contributed by atoms with Crippen molar-refractivity contribution in [1.82, 2.24) is 5.32 Å². The Kier molecular flexibility index (Phi) is 1.21. The normalized spacial score (nSPS) is 14.0. The summed E-state index contributed by atoms with van der Waals surface area (Å²) in [5.74, 6) is 0. The van der Waals surface area contributed by atoms with E-state index in [9.17, 15) is 0 Å². The molecule has 1 aromatic rings. The summed E-state index contributed by atoms with van der Waals surface area (Å²) in [7, 11) is 0. The summed E-state index contributed by atoms with van der Waals surface area (Å²) in [4.78, 5) is 0. The van der Waals surface area contributed by atoms with Gasteiger partial charge in [0, 0.05) is 0 Å². The van der Waals surface area contributed by atoms with Gasteiger partial charge < -0.3 is 5.32 Å². The summed E-state index contributed by atoms with van der Waals surface area (Å²) < 4.78 is 0. The predicted octanol–water partition coefficient (Wildman–Crippen LogP) is 1.45. The molecule has 0 saturated heterocycles. The van der Waals surface area contributed by atoms with Crippen molar-refractivity contribution >= 4 is 6.08 Å². The highest BCUT2D eigenvalue weighted by atomic mass is 14.8. The summed E-state index contributed by atoms with van der Waals surface area (Å²) in [6, 6.07) is 8.05. The maximum Gasteiger partial charge on any atom is 0.124 e. The van der Waals surface area contributed by atoms with E-state index in [0.717, 1.165) is 5.56 Å². The van der Waals surface area contributed by atoms with E-state index in [-0.39, 0.29) is 0 Å². The van der Waals surface area contributed by atoms with E-state index in [1.54, 1.807) is 0 Å². The molecule has 0 unspecified atom stereocenters. The van der Waals surface area contributed by atoms with Crippen LogP contribution >= 0.6 is 0 Å². The summed E-state index contributed by atoms with van der Waals surface area (Å²) in [5.41, 5.74) is 2.27. The van der Waals surface area contributed by atoms with Crippen molar-refractivity contribution in [3.05, 3.63) is 48.1 Å². The van der Waals surface area contributed by atoms with Gasteiger partial charge >= 0.3 is 0 Å². The molecule has 47 valence electrons. The van der Waals surface area contributed by atoms with Gasteiger partial charge in [0.15, 0.2) is 0 Å². The molecule has 0 aromatic heterocycles. The Morgan fingerprint density at radius 3 is 3.00 bits per heavy atom. The van der Waals surface area contributed by atoms with Crippen LogP contribution in [0.25, 0.3) is 6.08 Å². The fourth-order valence-corrected chi connectivity index (χ4v) is 0.954. The van der Waals surface area contributed by atoms with Crippen molar-refractivity contribution in [2.75, 3.05) is 0 Å². The highest BCUT2D eigenvalue weighted by Gasteiger charge is 2.01.